The van der Waals surface area contributed by atoms with Crippen molar-refractivity contribution >= 4 is 31.8 Å². The summed E-state index contributed by atoms with van der Waals surface area (Å²) in [5.74, 6) is 0. The molecule has 8 nitrogen and oxygen atoms in total. The standard InChI is InChI=1S/2C6H12N2.2C6H11N2.BrH.F6P.HI/c4*1-3-8-5-4-7(2)6-8;;1-7(2,3,4,5)6;/h2*4-5H,3,6H2,1-2H3;2*4-6H,3H2,1-2H3;1H;;1H/q;;2*+1;;-1;/p-1. The number of hydrogen-bond acceptors (Lipinski definition) is 4. The predicted molar refractivity (Wildman–Crippen MR) is 160 cm³/mol. The fourth-order valence-corrected chi connectivity index (χ4v) is 2.97. The zero-order valence-corrected chi connectivity index (χ0v) is 29.9. The number of hydrogen-bond donors (Lipinski definition) is 0. The number of aryl methyl sites for hydroxylation is 4. The van der Waals surface area contributed by atoms with E-state index in [0.29, 0.717) is 0 Å². The minimum absolute atomic E-state index is 0. The fourth-order valence-electron chi connectivity index (χ4n) is 2.97. The summed E-state index contributed by atoms with van der Waals surface area (Å²) in [6.07, 6.45) is 20.7. The first-order chi connectivity index (χ1) is 17.8. The Morgan fingerprint density at radius 1 is 0.610 bits per heavy atom. The molecule has 0 aromatic carbocycles. The molecule has 2 aliphatic heterocycles. The molecule has 0 bridgehead atoms. The van der Waals surface area contributed by atoms with Gasteiger partial charge >= 0.3 is 33.0 Å². The molecule has 0 saturated heterocycles. The molecule has 0 atom stereocenters. The van der Waals surface area contributed by atoms with Crippen LogP contribution in [0.3, 0.4) is 0 Å². The maximum Gasteiger partial charge on any atom is -0.107 e. The van der Waals surface area contributed by atoms with Gasteiger partial charge in [0.1, 0.15) is 24.8 Å². The molecule has 0 spiro atoms. The normalized spacial score (nSPS) is 14.9. The van der Waals surface area contributed by atoms with E-state index in [1.54, 1.807) is 0 Å². The van der Waals surface area contributed by atoms with Crippen LogP contribution < -0.4 is 26.1 Å². The molecule has 17 heteroatoms. The Balaban J connectivity index is -0.000000436. The van der Waals surface area contributed by atoms with Crippen LogP contribution in [-0.4, -0.2) is 69.3 Å². The minimum atomic E-state index is -10.7. The molecule has 0 N–H and O–H groups in total. The van der Waals surface area contributed by atoms with Crippen LogP contribution in [0.2, 0.25) is 0 Å². The maximum absolute atomic E-state index is 10.7. The molecule has 2 aromatic heterocycles. The smallest absolute Gasteiger partial charge is 0.107 e. The van der Waals surface area contributed by atoms with E-state index in [-0.39, 0.29) is 41.0 Å². The number of nitrogens with zero attached hydrogens (tertiary/aromatic N) is 8. The molecule has 0 fully saturated rings. The summed E-state index contributed by atoms with van der Waals surface area (Å²) in [6, 6.07) is 0. The van der Waals surface area contributed by atoms with Crippen LogP contribution in [-0.2, 0) is 27.2 Å². The van der Waals surface area contributed by atoms with Crippen molar-refractivity contribution in [1.29, 1.82) is 0 Å². The van der Waals surface area contributed by atoms with Crippen molar-refractivity contribution in [3.8, 4) is 0 Å². The topological polar surface area (TPSA) is 30.6 Å². The van der Waals surface area contributed by atoms with Crippen molar-refractivity contribution in [3.63, 3.8) is 0 Å². The van der Waals surface area contributed by atoms with Gasteiger partial charge in [-0.05, 0) is 27.7 Å². The van der Waals surface area contributed by atoms with Crippen LogP contribution in [0.1, 0.15) is 27.7 Å². The van der Waals surface area contributed by atoms with E-state index in [0.717, 1.165) is 39.5 Å². The monoisotopic (exact) mass is 798 g/mol. The van der Waals surface area contributed by atoms with Gasteiger partial charge in [0, 0.05) is 52.0 Å². The first-order valence-corrected chi connectivity index (χ1v) is 14.6. The second-order valence-corrected chi connectivity index (χ2v) is 10.9. The second kappa shape index (κ2) is 18.8. The van der Waals surface area contributed by atoms with E-state index in [9.17, 15) is 25.2 Å². The van der Waals surface area contributed by atoms with Gasteiger partial charge in [0.2, 0.25) is 12.7 Å². The van der Waals surface area contributed by atoms with Gasteiger partial charge in [0.25, 0.3) is 0 Å². The Bertz CT molecular complexity index is 940. The van der Waals surface area contributed by atoms with Gasteiger partial charge in [0.15, 0.2) is 0 Å². The summed E-state index contributed by atoms with van der Waals surface area (Å²) < 4.78 is 67.5. The molecular weight excluding hydrogens is 752 g/mol. The quantitative estimate of drug-likeness (QED) is 0.206. The van der Waals surface area contributed by atoms with Crippen molar-refractivity contribution in [2.24, 2.45) is 14.1 Å². The Hall–Kier alpha value is -1.68. The molecule has 2 aromatic rings. The largest absolute Gasteiger partial charge is 1.00 e. The molecule has 2 aliphatic rings. The van der Waals surface area contributed by atoms with E-state index < -0.39 is 7.81 Å². The molecule has 41 heavy (non-hydrogen) atoms. The molecular formula is C24H47BrF6IN8P. The minimum Gasteiger partial charge on any atom is -1.00 e. The van der Waals surface area contributed by atoms with E-state index in [4.69, 9.17) is 0 Å². The van der Waals surface area contributed by atoms with E-state index in [2.05, 4.69) is 120 Å². The van der Waals surface area contributed by atoms with Crippen LogP contribution in [0.15, 0.2) is 62.2 Å². The SMILES string of the molecule is CCN1C=CN(C)C1.CCN1C=CN(C)C1.CCn1cc[n+](C)c1.CCn1cc[n+](C)c1.F[P-](F)(F)(F)(F)F.I.[Br-]. The summed E-state index contributed by atoms with van der Waals surface area (Å²) in [6.45, 7) is 15.0. The number of aromatic nitrogens is 4. The molecule has 0 radical (unpaired) electrons. The van der Waals surface area contributed by atoms with E-state index >= 15 is 0 Å². The number of imidazole rings is 2. The summed E-state index contributed by atoms with van der Waals surface area (Å²) in [5.41, 5.74) is 0. The van der Waals surface area contributed by atoms with Crippen molar-refractivity contribution in [2.75, 3.05) is 40.5 Å². The molecule has 0 amide bonds. The zero-order chi connectivity index (χ0) is 30.3. The second-order valence-electron chi connectivity index (χ2n) is 8.98. The van der Waals surface area contributed by atoms with Gasteiger partial charge in [-0.15, -0.1) is 24.0 Å². The van der Waals surface area contributed by atoms with Crippen molar-refractivity contribution in [1.82, 2.24) is 28.7 Å². The van der Waals surface area contributed by atoms with Crippen molar-refractivity contribution < 1.29 is 51.3 Å². The third kappa shape index (κ3) is 28.2. The summed E-state index contributed by atoms with van der Waals surface area (Å²) in [7, 11) is -2.47. The summed E-state index contributed by atoms with van der Waals surface area (Å²) in [4.78, 5) is 8.81. The Kier molecular flexibility index (Phi) is 20.0. The van der Waals surface area contributed by atoms with Crippen LogP contribution in [0, 0.1) is 0 Å². The van der Waals surface area contributed by atoms with E-state index in [1.807, 2.05) is 35.6 Å². The Labute approximate surface area is 268 Å². The summed E-state index contributed by atoms with van der Waals surface area (Å²) >= 11 is 0. The number of halogens is 8. The third-order valence-corrected chi connectivity index (χ3v) is 5.06. The third-order valence-electron chi connectivity index (χ3n) is 5.06. The van der Waals surface area contributed by atoms with Crippen molar-refractivity contribution in [3.05, 3.63) is 62.2 Å². The predicted octanol–water partition coefficient (Wildman–Crippen LogP) is 3.03. The van der Waals surface area contributed by atoms with Gasteiger partial charge in [-0.2, -0.15) is 0 Å². The van der Waals surface area contributed by atoms with Gasteiger partial charge in [-0.1, -0.05) is 0 Å². The van der Waals surface area contributed by atoms with Crippen LogP contribution >= 0.6 is 31.8 Å². The Morgan fingerprint density at radius 2 is 0.902 bits per heavy atom. The van der Waals surface area contributed by atoms with Crippen molar-refractivity contribution in [2.45, 2.75) is 40.8 Å². The molecule has 0 saturated carbocycles. The van der Waals surface area contributed by atoms with Gasteiger partial charge < -0.3 is 36.6 Å². The maximum atomic E-state index is 9.87. The van der Waals surface area contributed by atoms with Crippen LogP contribution in [0.25, 0.3) is 0 Å². The van der Waals surface area contributed by atoms with Gasteiger partial charge in [0.05, 0.1) is 40.5 Å². The first kappa shape index (κ1) is 43.8. The summed E-state index contributed by atoms with van der Waals surface area (Å²) in [5, 5.41) is 0. The first-order valence-electron chi connectivity index (χ1n) is 12.6. The van der Waals surface area contributed by atoms with Crippen LogP contribution in [0.5, 0.6) is 0 Å². The molecule has 244 valence electrons. The average molecular weight is 799 g/mol. The average Bonchev–Trinajstić information content (AvgIpc) is 3.62. The van der Waals surface area contributed by atoms with Gasteiger partial charge in [-0.25, -0.2) is 18.3 Å². The molecule has 0 unspecified atom stereocenters. The molecule has 4 heterocycles. The number of rotatable bonds is 4. The van der Waals surface area contributed by atoms with E-state index in [1.165, 1.54) is 0 Å². The van der Waals surface area contributed by atoms with Crippen LogP contribution in [0.4, 0.5) is 25.2 Å². The van der Waals surface area contributed by atoms with Gasteiger partial charge in [-0.3, -0.25) is 0 Å². The fraction of sp³-hybridized carbons (Fsp3) is 0.583. The Morgan fingerprint density at radius 3 is 1.00 bits per heavy atom. The molecule has 4 rings (SSSR count). The zero-order valence-electron chi connectivity index (χ0n) is 25.1. The molecule has 0 aliphatic carbocycles.